The van der Waals surface area contributed by atoms with E-state index in [9.17, 15) is 4.79 Å². The number of nitrogens with zero attached hydrogens (tertiary/aromatic N) is 6. The summed E-state index contributed by atoms with van der Waals surface area (Å²) in [4.78, 5) is 28.2. The second-order valence-electron chi connectivity index (χ2n) is 7.91. The van der Waals surface area contributed by atoms with E-state index in [0.717, 1.165) is 0 Å². The first-order valence-corrected chi connectivity index (χ1v) is 20.2. The van der Waals surface area contributed by atoms with E-state index in [1.54, 1.807) is 34.4 Å². The number of rotatable bonds is 5. The molecule has 0 saturated carbocycles. The fourth-order valence-electron chi connectivity index (χ4n) is 2.99. The van der Waals surface area contributed by atoms with Crippen LogP contribution in [0.25, 0.3) is 22.4 Å². The van der Waals surface area contributed by atoms with Gasteiger partial charge in [-0.25, -0.2) is 0 Å². The van der Waals surface area contributed by atoms with Crippen LogP contribution in [0.15, 0.2) is 36.7 Å². The molecule has 3 aromatic heterocycles. The van der Waals surface area contributed by atoms with E-state index >= 15 is 0 Å². The second-order valence-corrected chi connectivity index (χ2v) is 22.3. The zero-order valence-electron chi connectivity index (χ0n) is 17.7. The molecule has 0 bridgehead atoms. The molecule has 3 heterocycles. The molecule has 164 valence electrons. The van der Waals surface area contributed by atoms with Crippen LogP contribution in [-0.2, 0) is 0 Å². The van der Waals surface area contributed by atoms with Crippen LogP contribution >= 0.6 is 23.2 Å². The predicted molar refractivity (Wildman–Crippen MR) is 126 cm³/mol. The molecule has 0 atom stereocenters. The van der Waals surface area contributed by atoms with Crippen molar-refractivity contribution in [3.63, 3.8) is 0 Å². The summed E-state index contributed by atoms with van der Waals surface area (Å²) in [6.07, 6.45) is 2.82. The van der Waals surface area contributed by atoms with Crippen LogP contribution in [0.3, 0.4) is 0 Å². The fourth-order valence-corrected chi connectivity index (χ4v) is 5.47. The summed E-state index contributed by atoms with van der Waals surface area (Å²) in [5.41, 5.74) is 1.71. The first-order chi connectivity index (χ1) is 15.2. The summed E-state index contributed by atoms with van der Waals surface area (Å²) in [7, 11) is 1.54. The normalized spacial score (nSPS) is 11.6. The van der Waals surface area contributed by atoms with E-state index in [0.29, 0.717) is 33.7 Å². The average molecular weight is 579 g/mol. The van der Waals surface area contributed by atoms with Gasteiger partial charge in [0.2, 0.25) is 0 Å². The van der Waals surface area contributed by atoms with Gasteiger partial charge in [0.25, 0.3) is 0 Å². The van der Waals surface area contributed by atoms with Crippen LogP contribution in [0.4, 0.5) is 5.69 Å². The van der Waals surface area contributed by atoms with Crippen LogP contribution in [-0.4, -0.2) is 60.1 Å². The van der Waals surface area contributed by atoms with Crippen molar-refractivity contribution in [2.24, 2.45) is 0 Å². The molecule has 1 aromatic carbocycles. The summed E-state index contributed by atoms with van der Waals surface area (Å²) < 4.78 is 7.21. The molecule has 0 aliphatic carbocycles. The molecule has 1 N–H and O–H groups in total. The third-order valence-electron chi connectivity index (χ3n) is 4.62. The number of hydrogen-bond acceptors (Lipinski definition) is 7. The second kappa shape index (κ2) is 8.80. The monoisotopic (exact) mass is 579 g/mol. The molecule has 0 radical (unpaired) electrons. The molecule has 4 rings (SSSR count). The number of aromatic nitrogens is 6. The molecule has 0 unspecified atom stereocenters. The molecule has 0 saturated heterocycles. The Morgan fingerprint density at radius 2 is 1.81 bits per heavy atom. The van der Waals surface area contributed by atoms with Gasteiger partial charge in [-0.15, -0.1) is 0 Å². The van der Waals surface area contributed by atoms with E-state index in [1.165, 1.54) is 12.4 Å². The van der Waals surface area contributed by atoms with E-state index < -0.39 is 24.6 Å². The van der Waals surface area contributed by atoms with Crippen molar-refractivity contribution in [2.75, 3.05) is 12.4 Å². The molecule has 0 fully saturated rings. The number of pyridine rings is 2. The first-order valence-electron chi connectivity index (χ1n) is 9.58. The zero-order chi connectivity index (χ0) is 23.0. The van der Waals surface area contributed by atoms with Crippen molar-refractivity contribution in [3.8, 4) is 17.3 Å². The Balaban J connectivity index is 1.77. The first kappa shape index (κ1) is 22.7. The number of tetrazole rings is 1. The van der Waals surface area contributed by atoms with Crippen LogP contribution < -0.4 is 10.1 Å². The van der Waals surface area contributed by atoms with Gasteiger partial charge >= 0.3 is 158 Å². The van der Waals surface area contributed by atoms with Gasteiger partial charge in [-0.2, -0.15) is 0 Å². The molecule has 1 amide bonds. The van der Waals surface area contributed by atoms with Crippen LogP contribution in [0.2, 0.25) is 24.9 Å². The standard InChI is InChI=1S/C17H11Cl2N7O2.3CH3.Sn/c1-28-13-5-3-9(17(27)22-15-10(18)6-20-7-11(15)19)8-2-4-12(21-14(8)13)16-23-25-26-24-16;;;;/h2-7H,1H3,(H2,20,21,22,23,24,25,26,27);3*1H3;/q;;;;+1/p-1. The molecule has 0 aliphatic heterocycles. The number of fused-ring (bicyclic) bond motifs is 1. The van der Waals surface area contributed by atoms with Gasteiger partial charge in [-0.3, -0.25) is 4.98 Å². The number of carbonyl (C=O) groups excluding carboxylic acids is 1. The van der Waals surface area contributed by atoms with Crippen LogP contribution in [0.5, 0.6) is 5.75 Å². The quantitative estimate of drug-likeness (QED) is 0.347. The summed E-state index contributed by atoms with van der Waals surface area (Å²) in [5.74, 6) is 0.541. The molecule has 4 aromatic rings. The number of anilines is 1. The van der Waals surface area contributed by atoms with Gasteiger partial charge in [0.1, 0.15) is 0 Å². The van der Waals surface area contributed by atoms with Crippen molar-refractivity contribution in [1.82, 2.24) is 28.4 Å². The topological polar surface area (TPSA) is 108 Å². The van der Waals surface area contributed by atoms with E-state index in [2.05, 4.69) is 45.5 Å². The Labute approximate surface area is 198 Å². The number of amides is 1. The zero-order valence-corrected chi connectivity index (χ0v) is 22.1. The van der Waals surface area contributed by atoms with Gasteiger partial charge in [-0.1, -0.05) is 23.2 Å². The van der Waals surface area contributed by atoms with Gasteiger partial charge in [0.15, 0.2) is 0 Å². The number of ether oxygens (including phenoxy) is 1. The molecule has 9 nitrogen and oxygen atoms in total. The maximum absolute atomic E-state index is 13.1. The van der Waals surface area contributed by atoms with Crippen molar-refractivity contribution in [1.29, 1.82) is 0 Å². The minimum atomic E-state index is -2.54. The summed E-state index contributed by atoms with van der Waals surface area (Å²) >= 11 is 9.74. The molecule has 32 heavy (non-hydrogen) atoms. The average Bonchev–Trinajstić information content (AvgIpc) is 3.26. The maximum atomic E-state index is 13.1. The molecular weight excluding hydrogens is 560 g/mol. The fraction of sp³-hybridized carbons (Fsp3) is 0.200. The number of benzene rings is 1. The van der Waals surface area contributed by atoms with Crippen molar-refractivity contribution < 1.29 is 9.53 Å². The number of nitrogens with one attached hydrogen (secondary N) is 1. The summed E-state index contributed by atoms with van der Waals surface area (Å²) in [6, 6.07) is 6.87. The summed E-state index contributed by atoms with van der Waals surface area (Å²) in [6.45, 7) is 0. The van der Waals surface area contributed by atoms with E-state index in [-0.39, 0.29) is 15.7 Å². The Hall–Kier alpha value is -2.50. The van der Waals surface area contributed by atoms with Crippen molar-refractivity contribution >= 4 is 64.3 Å². The van der Waals surface area contributed by atoms with Crippen LogP contribution in [0, 0.1) is 0 Å². The van der Waals surface area contributed by atoms with Crippen molar-refractivity contribution in [2.45, 2.75) is 14.8 Å². The predicted octanol–water partition coefficient (Wildman–Crippen LogP) is 4.53. The van der Waals surface area contributed by atoms with E-state index in [4.69, 9.17) is 27.9 Å². The van der Waals surface area contributed by atoms with Gasteiger partial charge in [0, 0.05) is 12.4 Å². The minimum absolute atomic E-state index is 0.238. The Morgan fingerprint density at radius 3 is 2.44 bits per heavy atom. The third kappa shape index (κ3) is 4.37. The molecule has 0 aliphatic rings. The van der Waals surface area contributed by atoms with Gasteiger partial charge in [0.05, 0.1) is 0 Å². The third-order valence-corrected chi connectivity index (χ3v) is 9.16. The van der Waals surface area contributed by atoms with Gasteiger partial charge < -0.3 is 0 Å². The Bertz CT molecular complexity index is 1320. The Kier molecular flexibility index (Phi) is 6.23. The number of carbonyl (C=O) groups is 1. The molecular formula is C20H19Cl2N7O2Sn. The van der Waals surface area contributed by atoms with E-state index in [1.807, 2.05) is 0 Å². The summed E-state index contributed by atoms with van der Waals surface area (Å²) in [5, 5.41) is 16.7. The van der Waals surface area contributed by atoms with Crippen molar-refractivity contribution in [3.05, 3.63) is 52.3 Å². The van der Waals surface area contributed by atoms with Gasteiger partial charge in [-0.05, 0) is 0 Å². The molecule has 0 spiro atoms. The Morgan fingerprint density at radius 1 is 1.09 bits per heavy atom. The number of halogens is 2. The SMILES string of the molecule is COc1ccc(C(=O)Nc2c(Cl)cncc2Cl)c2ccc(-c3nn[n]([Sn]([CH3])([CH3])[CH3])n3)nc12. The van der Waals surface area contributed by atoms with Crippen LogP contribution in [0.1, 0.15) is 10.4 Å². The number of hydrogen-bond donors (Lipinski definition) is 1. The molecule has 12 heteroatoms. The number of methoxy groups -OCH3 is 1.